The minimum Gasteiger partial charge on any atom is -0.360 e. The molecule has 0 radical (unpaired) electrons. The predicted octanol–water partition coefficient (Wildman–Crippen LogP) is 2.52. The smallest absolute Gasteiger partial charge is 0.202 e. The molecule has 0 saturated heterocycles. The molecule has 0 bridgehead atoms. The van der Waals surface area contributed by atoms with Crippen molar-refractivity contribution in [1.29, 1.82) is 0 Å². The Morgan fingerprint density at radius 3 is 3.00 bits per heavy atom. The third-order valence-corrected chi connectivity index (χ3v) is 3.73. The monoisotopic (exact) mass is 240 g/mol. The number of hydrogen-bond acceptors (Lipinski definition) is 6. The SMILES string of the molecule is Cc1nsc(NCC(C)c2nccs2)n1. The molecule has 0 aliphatic heterocycles. The van der Waals surface area contributed by atoms with Crippen LogP contribution in [0, 0.1) is 6.92 Å². The zero-order valence-electron chi connectivity index (χ0n) is 8.60. The fourth-order valence-corrected chi connectivity index (χ4v) is 2.45. The van der Waals surface area contributed by atoms with Gasteiger partial charge in [0.15, 0.2) is 0 Å². The van der Waals surface area contributed by atoms with E-state index in [1.54, 1.807) is 11.3 Å². The zero-order chi connectivity index (χ0) is 10.7. The summed E-state index contributed by atoms with van der Waals surface area (Å²) in [5.74, 6) is 1.23. The summed E-state index contributed by atoms with van der Waals surface area (Å²) in [5, 5.41) is 7.31. The van der Waals surface area contributed by atoms with Crippen LogP contribution in [0.1, 0.15) is 23.7 Å². The second-order valence-electron chi connectivity index (χ2n) is 3.30. The Kier molecular flexibility index (Phi) is 3.27. The van der Waals surface area contributed by atoms with Crippen molar-refractivity contribution < 1.29 is 0 Å². The number of nitrogens with one attached hydrogen (secondary N) is 1. The summed E-state index contributed by atoms with van der Waals surface area (Å²) in [6.07, 6.45) is 1.84. The number of aromatic nitrogens is 3. The van der Waals surface area contributed by atoms with Crippen LogP contribution in [0.3, 0.4) is 0 Å². The zero-order valence-corrected chi connectivity index (χ0v) is 10.2. The highest BCUT2D eigenvalue weighted by atomic mass is 32.1. The minimum absolute atomic E-state index is 0.411. The summed E-state index contributed by atoms with van der Waals surface area (Å²) in [4.78, 5) is 8.52. The summed E-state index contributed by atoms with van der Waals surface area (Å²) in [5.41, 5.74) is 0. The summed E-state index contributed by atoms with van der Waals surface area (Å²) >= 11 is 3.09. The van der Waals surface area contributed by atoms with Gasteiger partial charge in [0.25, 0.3) is 0 Å². The lowest BCUT2D eigenvalue weighted by Crippen LogP contribution is -2.09. The van der Waals surface area contributed by atoms with E-state index in [1.165, 1.54) is 11.5 Å². The largest absolute Gasteiger partial charge is 0.360 e. The van der Waals surface area contributed by atoms with Crippen LogP contribution in [-0.2, 0) is 0 Å². The molecule has 0 aliphatic rings. The molecule has 2 aromatic rings. The Morgan fingerprint density at radius 2 is 2.40 bits per heavy atom. The molecule has 0 amide bonds. The first-order valence-corrected chi connectivity index (χ1v) is 6.34. The summed E-state index contributed by atoms with van der Waals surface area (Å²) < 4.78 is 4.11. The topological polar surface area (TPSA) is 50.7 Å². The van der Waals surface area contributed by atoms with Crippen molar-refractivity contribution in [3.63, 3.8) is 0 Å². The van der Waals surface area contributed by atoms with Gasteiger partial charge < -0.3 is 5.32 Å². The second-order valence-corrected chi connectivity index (χ2v) is 4.98. The van der Waals surface area contributed by atoms with E-state index >= 15 is 0 Å². The fraction of sp³-hybridized carbons (Fsp3) is 0.444. The van der Waals surface area contributed by atoms with Crippen molar-refractivity contribution in [2.45, 2.75) is 19.8 Å². The van der Waals surface area contributed by atoms with Gasteiger partial charge in [0.2, 0.25) is 5.13 Å². The Morgan fingerprint density at radius 1 is 1.53 bits per heavy atom. The number of thiazole rings is 1. The molecular formula is C9H12N4S2. The Hall–Kier alpha value is -1.01. The number of rotatable bonds is 4. The lowest BCUT2D eigenvalue weighted by molar-refractivity contribution is 0.794. The van der Waals surface area contributed by atoms with Crippen molar-refractivity contribution in [1.82, 2.24) is 14.3 Å². The van der Waals surface area contributed by atoms with E-state index in [-0.39, 0.29) is 0 Å². The van der Waals surface area contributed by atoms with Crippen LogP contribution >= 0.6 is 22.9 Å². The van der Waals surface area contributed by atoms with Gasteiger partial charge in [-0.25, -0.2) is 9.97 Å². The first-order chi connectivity index (χ1) is 7.25. The summed E-state index contributed by atoms with van der Waals surface area (Å²) in [7, 11) is 0. The molecule has 0 saturated carbocycles. The van der Waals surface area contributed by atoms with Crippen LogP contribution in [-0.4, -0.2) is 20.9 Å². The molecule has 80 valence electrons. The molecule has 1 unspecified atom stereocenters. The predicted molar refractivity (Wildman–Crippen MR) is 63.7 cm³/mol. The molecule has 15 heavy (non-hydrogen) atoms. The lowest BCUT2D eigenvalue weighted by atomic mass is 10.2. The molecule has 1 atom stereocenters. The molecule has 4 nitrogen and oxygen atoms in total. The van der Waals surface area contributed by atoms with Crippen LogP contribution in [0.5, 0.6) is 0 Å². The van der Waals surface area contributed by atoms with Gasteiger partial charge in [-0.2, -0.15) is 4.37 Å². The van der Waals surface area contributed by atoms with Gasteiger partial charge in [0.05, 0.1) is 5.01 Å². The molecular weight excluding hydrogens is 228 g/mol. The molecule has 0 fully saturated rings. The van der Waals surface area contributed by atoms with E-state index in [2.05, 4.69) is 26.6 Å². The average molecular weight is 240 g/mol. The highest BCUT2D eigenvalue weighted by molar-refractivity contribution is 7.10. The Bertz CT molecular complexity index is 409. The van der Waals surface area contributed by atoms with Crippen molar-refractivity contribution in [2.75, 3.05) is 11.9 Å². The molecule has 0 aromatic carbocycles. The van der Waals surface area contributed by atoms with Crippen LogP contribution in [0.4, 0.5) is 5.13 Å². The van der Waals surface area contributed by atoms with Crippen molar-refractivity contribution in [3.05, 3.63) is 22.4 Å². The van der Waals surface area contributed by atoms with Gasteiger partial charge in [-0.3, -0.25) is 0 Å². The number of nitrogens with zero attached hydrogens (tertiary/aromatic N) is 3. The van der Waals surface area contributed by atoms with Gasteiger partial charge in [0, 0.05) is 35.6 Å². The molecule has 0 aliphatic carbocycles. The number of hydrogen-bond donors (Lipinski definition) is 1. The second kappa shape index (κ2) is 4.67. The highest BCUT2D eigenvalue weighted by Crippen LogP contribution is 2.19. The van der Waals surface area contributed by atoms with E-state index in [0.29, 0.717) is 5.92 Å². The van der Waals surface area contributed by atoms with Gasteiger partial charge in [-0.1, -0.05) is 6.92 Å². The van der Waals surface area contributed by atoms with Crippen LogP contribution in [0.25, 0.3) is 0 Å². The highest BCUT2D eigenvalue weighted by Gasteiger charge is 2.08. The molecule has 2 rings (SSSR count). The Labute approximate surface area is 96.6 Å². The molecule has 1 N–H and O–H groups in total. The quantitative estimate of drug-likeness (QED) is 0.892. The average Bonchev–Trinajstić information content (AvgIpc) is 2.84. The van der Waals surface area contributed by atoms with Crippen LogP contribution in [0.2, 0.25) is 0 Å². The van der Waals surface area contributed by atoms with Crippen molar-refractivity contribution >= 4 is 28.0 Å². The van der Waals surface area contributed by atoms with Gasteiger partial charge in [0.1, 0.15) is 5.82 Å². The first kappa shape index (κ1) is 10.5. The van der Waals surface area contributed by atoms with Gasteiger partial charge >= 0.3 is 0 Å². The van der Waals surface area contributed by atoms with E-state index < -0.39 is 0 Å². The summed E-state index contributed by atoms with van der Waals surface area (Å²) in [6, 6.07) is 0. The van der Waals surface area contributed by atoms with Crippen LogP contribution in [0.15, 0.2) is 11.6 Å². The van der Waals surface area contributed by atoms with E-state index in [4.69, 9.17) is 0 Å². The molecule has 2 heterocycles. The number of aryl methyl sites for hydroxylation is 1. The Balaban J connectivity index is 1.88. The maximum atomic E-state index is 4.28. The lowest BCUT2D eigenvalue weighted by Gasteiger charge is -2.07. The van der Waals surface area contributed by atoms with E-state index in [0.717, 1.165) is 22.5 Å². The standard InChI is InChI=1S/C9H12N4S2/c1-6(8-10-3-4-14-8)5-11-9-12-7(2)13-15-9/h3-4,6H,5H2,1-2H3,(H,11,12,13). The van der Waals surface area contributed by atoms with Gasteiger partial charge in [-0.15, -0.1) is 11.3 Å². The summed E-state index contributed by atoms with van der Waals surface area (Å²) in [6.45, 7) is 4.90. The third-order valence-electron chi connectivity index (χ3n) is 1.96. The maximum Gasteiger partial charge on any atom is 0.202 e. The molecule has 0 spiro atoms. The van der Waals surface area contributed by atoms with E-state index in [1.807, 2.05) is 18.5 Å². The van der Waals surface area contributed by atoms with Crippen LogP contribution < -0.4 is 5.32 Å². The van der Waals surface area contributed by atoms with Gasteiger partial charge in [-0.05, 0) is 6.92 Å². The fourth-order valence-electron chi connectivity index (χ4n) is 1.17. The maximum absolute atomic E-state index is 4.28. The minimum atomic E-state index is 0.411. The van der Waals surface area contributed by atoms with E-state index in [9.17, 15) is 0 Å². The van der Waals surface area contributed by atoms with Crippen molar-refractivity contribution in [2.24, 2.45) is 0 Å². The molecule has 6 heteroatoms. The number of anilines is 1. The third kappa shape index (κ3) is 2.73. The first-order valence-electron chi connectivity index (χ1n) is 4.69. The van der Waals surface area contributed by atoms with Crippen molar-refractivity contribution in [3.8, 4) is 0 Å². The normalized spacial score (nSPS) is 12.7. The molecule has 2 aromatic heterocycles.